The van der Waals surface area contributed by atoms with Gasteiger partial charge in [0, 0.05) is 25.0 Å². The second-order valence-corrected chi connectivity index (χ2v) is 11.4. The lowest BCUT2D eigenvalue weighted by atomic mass is 9.53. The van der Waals surface area contributed by atoms with Crippen molar-refractivity contribution in [2.45, 2.75) is 70.1 Å². The number of epoxide rings is 1. The van der Waals surface area contributed by atoms with Crippen LogP contribution in [0, 0.1) is 23.2 Å². The van der Waals surface area contributed by atoms with E-state index in [4.69, 9.17) is 18.9 Å². The maximum absolute atomic E-state index is 13.1. The third-order valence-electron chi connectivity index (χ3n) is 9.82. The summed E-state index contributed by atoms with van der Waals surface area (Å²) in [6.45, 7) is 7.29. The molecule has 1 aromatic carbocycles. The Morgan fingerprint density at radius 3 is 2.67 bits per heavy atom. The molecule has 6 nitrogen and oxygen atoms in total. The van der Waals surface area contributed by atoms with Crippen LogP contribution in [-0.2, 0) is 20.7 Å². The van der Waals surface area contributed by atoms with Gasteiger partial charge in [0.15, 0.2) is 11.5 Å². The minimum Gasteiger partial charge on any atom is -0.493 e. The molecule has 0 radical (unpaired) electrons. The lowest BCUT2D eigenvalue weighted by Crippen LogP contribution is -2.51. The molecule has 1 aromatic rings. The number of hydrogen-bond donors (Lipinski definition) is 0. The Morgan fingerprint density at radius 2 is 1.94 bits per heavy atom. The molecule has 2 aliphatic carbocycles. The summed E-state index contributed by atoms with van der Waals surface area (Å²) >= 11 is 0. The zero-order valence-electron chi connectivity index (χ0n) is 20.4. The summed E-state index contributed by atoms with van der Waals surface area (Å²) in [4.78, 5) is 15.6. The van der Waals surface area contributed by atoms with Gasteiger partial charge in [-0.05, 0) is 80.0 Å². The molecule has 2 saturated heterocycles. The van der Waals surface area contributed by atoms with Crippen molar-refractivity contribution in [1.29, 1.82) is 0 Å². The van der Waals surface area contributed by atoms with Crippen LogP contribution in [0.4, 0.5) is 0 Å². The van der Waals surface area contributed by atoms with Crippen LogP contribution in [0.25, 0.3) is 0 Å². The molecule has 5 aliphatic rings. The minimum atomic E-state index is -0.0404. The zero-order chi connectivity index (χ0) is 23.0. The van der Waals surface area contributed by atoms with Crippen molar-refractivity contribution in [1.82, 2.24) is 4.90 Å². The van der Waals surface area contributed by atoms with Gasteiger partial charge in [-0.3, -0.25) is 9.69 Å². The topological polar surface area (TPSA) is 60.5 Å². The SMILES string of the molecule is COc1cc2c(cc1OC)[C@H](C)N(C[C@@H]1C(=O)O[C@@H]3C[C@@]4(C)CCC[C@@]5(CO5)[C@H]4C[C@@H]13)CC2. The quantitative estimate of drug-likeness (QED) is 0.502. The van der Waals surface area contributed by atoms with Gasteiger partial charge in [-0.15, -0.1) is 0 Å². The zero-order valence-corrected chi connectivity index (χ0v) is 20.4. The number of nitrogens with zero attached hydrogens (tertiary/aromatic N) is 1. The lowest BCUT2D eigenvalue weighted by Gasteiger charge is -2.51. The van der Waals surface area contributed by atoms with Crippen molar-refractivity contribution in [3.8, 4) is 11.5 Å². The predicted octanol–water partition coefficient (Wildman–Crippen LogP) is 4.15. The number of esters is 1. The highest BCUT2D eigenvalue weighted by Crippen LogP contribution is 2.63. The van der Waals surface area contributed by atoms with E-state index in [0.29, 0.717) is 11.8 Å². The first-order chi connectivity index (χ1) is 15.9. The fourth-order valence-corrected chi connectivity index (χ4v) is 7.86. The molecule has 0 bridgehead atoms. The standard InChI is InChI=1S/C27H37NO5/c1-16-18-11-22(31-4)21(30-3)10-17(18)6-9-28(16)14-20-19-12-24-26(2,13-23(19)33-25(20)29)7-5-8-27(24)15-32-27/h10-11,16,19-20,23-24H,5-9,12-15H2,1-4H3/t16-,19-,20-,23+,24-,26+,27+/m0/s1. The van der Waals surface area contributed by atoms with Crippen LogP contribution < -0.4 is 9.47 Å². The van der Waals surface area contributed by atoms with Crippen LogP contribution in [0.15, 0.2) is 12.1 Å². The Labute approximate surface area is 196 Å². The molecular weight excluding hydrogens is 418 g/mol. The summed E-state index contributed by atoms with van der Waals surface area (Å²) < 4.78 is 23.2. The molecule has 0 aromatic heterocycles. The number of benzene rings is 1. The van der Waals surface area contributed by atoms with Crippen LogP contribution in [-0.4, -0.2) is 56.5 Å². The average molecular weight is 456 g/mol. The molecule has 2 saturated carbocycles. The smallest absolute Gasteiger partial charge is 0.310 e. The highest BCUT2D eigenvalue weighted by atomic mass is 16.6. The Morgan fingerprint density at radius 1 is 1.18 bits per heavy atom. The number of carbonyl (C=O) groups is 1. The van der Waals surface area contributed by atoms with Crippen molar-refractivity contribution in [2.75, 3.05) is 33.9 Å². The van der Waals surface area contributed by atoms with Crippen molar-refractivity contribution >= 4 is 5.97 Å². The van der Waals surface area contributed by atoms with Crippen molar-refractivity contribution in [2.24, 2.45) is 23.2 Å². The van der Waals surface area contributed by atoms with E-state index in [9.17, 15) is 4.79 Å². The number of fused-ring (bicyclic) bond motifs is 4. The summed E-state index contributed by atoms with van der Waals surface area (Å²) in [6.07, 6.45) is 6.77. The summed E-state index contributed by atoms with van der Waals surface area (Å²) in [5.74, 6) is 2.41. The average Bonchev–Trinajstić information content (AvgIpc) is 3.51. The van der Waals surface area contributed by atoms with Crippen LogP contribution in [0.1, 0.15) is 63.1 Å². The summed E-state index contributed by atoms with van der Waals surface area (Å²) in [5.41, 5.74) is 2.93. The molecule has 6 rings (SSSR count). The van der Waals surface area contributed by atoms with E-state index in [1.807, 2.05) is 0 Å². The Balaban J connectivity index is 1.22. The molecule has 3 aliphatic heterocycles. The molecule has 180 valence electrons. The number of rotatable bonds is 4. The van der Waals surface area contributed by atoms with E-state index in [-0.39, 0.29) is 35.0 Å². The molecule has 3 heterocycles. The van der Waals surface area contributed by atoms with Gasteiger partial charge in [-0.1, -0.05) is 6.92 Å². The number of carbonyl (C=O) groups excluding carboxylic acids is 1. The Bertz CT molecular complexity index is 958. The maximum Gasteiger partial charge on any atom is 0.310 e. The van der Waals surface area contributed by atoms with Crippen molar-refractivity contribution in [3.63, 3.8) is 0 Å². The summed E-state index contributed by atoms with van der Waals surface area (Å²) in [6, 6.07) is 4.45. The van der Waals surface area contributed by atoms with Crippen LogP contribution in [0.2, 0.25) is 0 Å². The van der Waals surface area contributed by atoms with E-state index in [2.05, 4.69) is 30.9 Å². The van der Waals surface area contributed by atoms with Crippen molar-refractivity contribution in [3.05, 3.63) is 23.3 Å². The first-order valence-corrected chi connectivity index (χ1v) is 12.7. The van der Waals surface area contributed by atoms with Gasteiger partial charge in [0.05, 0.1) is 32.3 Å². The second-order valence-electron chi connectivity index (χ2n) is 11.4. The van der Waals surface area contributed by atoms with Gasteiger partial charge in [-0.25, -0.2) is 0 Å². The molecule has 1 spiro atoms. The fraction of sp³-hybridized carbons (Fsp3) is 0.741. The number of hydrogen-bond acceptors (Lipinski definition) is 6. The van der Waals surface area contributed by atoms with Crippen LogP contribution in [0.3, 0.4) is 0 Å². The third kappa shape index (κ3) is 3.31. The molecule has 4 fully saturated rings. The molecule has 0 unspecified atom stereocenters. The van der Waals surface area contributed by atoms with Gasteiger partial charge < -0.3 is 18.9 Å². The highest BCUT2D eigenvalue weighted by Gasteiger charge is 2.65. The molecule has 33 heavy (non-hydrogen) atoms. The summed E-state index contributed by atoms with van der Waals surface area (Å²) in [7, 11) is 3.37. The van der Waals surface area contributed by atoms with Crippen LogP contribution in [0.5, 0.6) is 11.5 Å². The normalized spacial score (nSPS) is 41.7. The predicted molar refractivity (Wildman–Crippen MR) is 123 cm³/mol. The van der Waals surface area contributed by atoms with E-state index in [1.54, 1.807) is 14.2 Å². The largest absolute Gasteiger partial charge is 0.493 e. The molecule has 0 N–H and O–H groups in total. The highest BCUT2D eigenvalue weighted by molar-refractivity contribution is 5.75. The molecule has 6 heteroatoms. The van der Waals surface area contributed by atoms with Crippen molar-refractivity contribution < 1.29 is 23.7 Å². The summed E-state index contributed by atoms with van der Waals surface area (Å²) in [5, 5.41) is 0. The Kier molecular flexibility index (Phi) is 5.01. The Hall–Kier alpha value is -1.79. The van der Waals surface area contributed by atoms with E-state index in [1.165, 1.54) is 30.4 Å². The van der Waals surface area contributed by atoms with Crippen LogP contribution >= 0.6 is 0 Å². The van der Waals surface area contributed by atoms with Gasteiger partial charge in [0.25, 0.3) is 0 Å². The molecule has 0 amide bonds. The lowest BCUT2D eigenvalue weighted by molar-refractivity contribution is -0.147. The maximum atomic E-state index is 13.1. The van der Waals surface area contributed by atoms with Gasteiger partial charge in [-0.2, -0.15) is 0 Å². The van der Waals surface area contributed by atoms with Gasteiger partial charge in [0.1, 0.15) is 6.10 Å². The first-order valence-electron chi connectivity index (χ1n) is 12.7. The third-order valence-corrected chi connectivity index (χ3v) is 9.82. The minimum absolute atomic E-state index is 0.0170. The van der Waals surface area contributed by atoms with Gasteiger partial charge in [0.2, 0.25) is 0 Å². The number of ether oxygens (including phenoxy) is 4. The van der Waals surface area contributed by atoms with E-state index >= 15 is 0 Å². The molecule has 7 atom stereocenters. The van der Waals surface area contributed by atoms with E-state index < -0.39 is 0 Å². The number of methoxy groups -OCH3 is 2. The van der Waals surface area contributed by atoms with E-state index in [0.717, 1.165) is 50.5 Å². The van der Waals surface area contributed by atoms with Gasteiger partial charge >= 0.3 is 5.97 Å². The fourth-order valence-electron chi connectivity index (χ4n) is 7.86. The first kappa shape index (κ1) is 21.7. The molecular formula is C27H37NO5. The monoisotopic (exact) mass is 455 g/mol. The second kappa shape index (κ2) is 7.61.